The second-order valence-electron chi connectivity index (χ2n) is 3.08. The van der Waals surface area contributed by atoms with E-state index in [0.717, 1.165) is 0 Å². The molecule has 0 fully saturated rings. The molecule has 0 bridgehead atoms. The molecule has 0 aliphatic carbocycles. The van der Waals surface area contributed by atoms with E-state index in [-0.39, 0.29) is 5.56 Å². The number of allylic oxidation sites excluding steroid dienone is 1. The minimum Gasteiger partial charge on any atom is -0.273 e. The van der Waals surface area contributed by atoms with Crippen LogP contribution in [0.25, 0.3) is 17.2 Å². The molecular formula is C8H6N4O2. The van der Waals surface area contributed by atoms with Gasteiger partial charge in [-0.1, -0.05) is 0 Å². The first-order valence-electron chi connectivity index (χ1n) is 4.14. The van der Waals surface area contributed by atoms with E-state index in [1.54, 1.807) is 12.3 Å². The van der Waals surface area contributed by atoms with Crippen LogP contribution in [0.15, 0.2) is 21.9 Å². The Labute approximate surface area is 77.1 Å². The summed E-state index contributed by atoms with van der Waals surface area (Å²) in [4.78, 5) is 25.0. The SMILES string of the molecule is O=c1[nH]c(=O)n2c3c1cnn3C=CC2. The fourth-order valence-electron chi connectivity index (χ4n) is 1.64. The third kappa shape index (κ3) is 0.723. The molecule has 2 aromatic heterocycles. The molecule has 6 heteroatoms. The highest BCUT2D eigenvalue weighted by atomic mass is 16.2. The average Bonchev–Trinajstić information content (AvgIpc) is 2.59. The van der Waals surface area contributed by atoms with Crippen molar-refractivity contribution in [1.29, 1.82) is 0 Å². The minimum atomic E-state index is -0.395. The standard InChI is InChI=1S/C8H6N4O2/c13-6-5-4-9-12-3-1-2-11(7(5)12)8(14)10-6/h1,3-4H,2H2,(H,10,13,14). The van der Waals surface area contributed by atoms with E-state index in [9.17, 15) is 9.59 Å². The molecule has 1 N–H and O–H groups in total. The number of hydrogen-bond acceptors (Lipinski definition) is 3. The molecule has 3 heterocycles. The molecule has 6 nitrogen and oxygen atoms in total. The summed E-state index contributed by atoms with van der Waals surface area (Å²) in [6, 6.07) is 0. The molecule has 0 radical (unpaired) electrons. The fourth-order valence-corrected chi connectivity index (χ4v) is 1.64. The van der Waals surface area contributed by atoms with Gasteiger partial charge in [0.15, 0.2) is 5.65 Å². The second-order valence-corrected chi connectivity index (χ2v) is 3.08. The second kappa shape index (κ2) is 2.22. The molecule has 0 unspecified atom stereocenters. The summed E-state index contributed by atoms with van der Waals surface area (Å²) < 4.78 is 3.00. The molecule has 2 aromatic rings. The van der Waals surface area contributed by atoms with Crippen LogP contribution >= 0.6 is 0 Å². The molecule has 70 valence electrons. The lowest BCUT2D eigenvalue weighted by Crippen LogP contribution is -2.31. The van der Waals surface area contributed by atoms with E-state index in [1.807, 2.05) is 0 Å². The molecular weight excluding hydrogens is 184 g/mol. The maximum Gasteiger partial charge on any atom is 0.330 e. The topological polar surface area (TPSA) is 72.7 Å². The van der Waals surface area contributed by atoms with Crippen LogP contribution in [0.2, 0.25) is 0 Å². The van der Waals surface area contributed by atoms with E-state index in [1.165, 1.54) is 15.4 Å². The van der Waals surface area contributed by atoms with Crippen molar-refractivity contribution in [3.05, 3.63) is 33.1 Å². The molecule has 0 saturated carbocycles. The van der Waals surface area contributed by atoms with E-state index < -0.39 is 5.69 Å². The number of hydrogen-bond donors (Lipinski definition) is 1. The van der Waals surface area contributed by atoms with Crippen LogP contribution in [-0.4, -0.2) is 19.3 Å². The van der Waals surface area contributed by atoms with Gasteiger partial charge in [-0.25, -0.2) is 9.48 Å². The van der Waals surface area contributed by atoms with Crippen LogP contribution in [0, 0.1) is 0 Å². The van der Waals surface area contributed by atoms with Crippen molar-refractivity contribution in [2.24, 2.45) is 0 Å². The Balaban J connectivity index is 2.71. The van der Waals surface area contributed by atoms with E-state index in [0.29, 0.717) is 17.6 Å². The Morgan fingerprint density at radius 1 is 1.43 bits per heavy atom. The van der Waals surface area contributed by atoms with Gasteiger partial charge in [-0.05, 0) is 6.08 Å². The first-order valence-corrected chi connectivity index (χ1v) is 4.14. The summed E-state index contributed by atoms with van der Waals surface area (Å²) >= 11 is 0. The summed E-state index contributed by atoms with van der Waals surface area (Å²) in [6.07, 6.45) is 5.00. The zero-order valence-electron chi connectivity index (χ0n) is 7.10. The van der Waals surface area contributed by atoms with Crippen molar-refractivity contribution >= 4 is 17.2 Å². The van der Waals surface area contributed by atoms with Gasteiger partial charge in [-0.15, -0.1) is 0 Å². The van der Waals surface area contributed by atoms with Crippen molar-refractivity contribution in [3.8, 4) is 0 Å². The Morgan fingerprint density at radius 3 is 3.14 bits per heavy atom. The van der Waals surface area contributed by atoms with Gasteiger partial charge >= 0.3 is 5.69 Å². The van der Waals surface area contributed by atoms with Gasteiger partial charge in [0, 0.05) is 12.7 Å². The number of H-pyrrole nitrogens is 1. The summed E-state index contributed by atoms with van der Waals surface area (Å²) in [7, 11) is 0. The predicted octanol–water partition coefficient (Wildman–Crippen LogP) is -0.629. The van der Waals surface area contributed by atoms with Crippen LogP contribution in [0.1, 0.15) is 0 Å². The van der Waals surface area contributed by atoms with Crippen molar-refractivity contribution in [2.75, 3.05) is 0 Å². The predicted molar refractivity (Wildman–Crippen MR) is 49.9 cm³/mol. The van der Waals surface area contributed by atoms with E-state index in [2.05, 4.69) is 10.1 Å². The van der Waals surface area contributed by atoms with Crippen molar-refractivity contribution in [1.82, 2.24) is 19.3 Å². The van der Waals surface area contributed by atoms with Gasteiger partial charge in [-0.2, -0.15) is 5.10 Å². The lowest BCUT2D eigenvalue weighted by Gasteiger charge is -2.09. The van der Waals surface area contributed by atoms with Crippen molar-refractivity contribution in [2.45, 2.75) is 6.54 Å². The van der Waals surface area contributed by atoms with Crippen LogP contribution in [0.5, 0.6) is 0 Å². The van der Waals surface area contributed by atoms with Gasteiger partial charge < -0.3 is 0 Å². The van der Waals surface area contributed by atoms with E-state index in [4.69, 9.17) is 0 Å². The Bertz CT molecular complexity index is 658. The molecule has 14 heavy (non-hydrogen) atoms. The van der Waals surface area contributed by atoms with Gasteiger partial charge in [0.05, 0.1) is 6.20 Å². The third-order valence-corrected chi connectivity index (χ3v) is 2.27. The Kier molecular flexibility index (Phi) is 1.16. The Hall–Kier alpha value is -2.11. The van der Waals surface area contributed by atoms with Crippen molar-refractivity contribution in [3.63, 3.8) is 0 Å². The van der Waals surface area contributed by atoms with Crippen LogP contribution in [-0.2, 0) is 6.54 Å². The van der Waals surface area contributed by atoms with Crippen LogP contribution in [0.3, 0.4) is 0 Å². The maximum atomic E-state index is 11.4. The number of nitrogens with zero attached hydrogens (tertiary/aromatic N) is 3. The Morgan fingerprint density at radius 2 is 2.29 bits per heavy atom. The molecule has 0 saturated heterocycles. The summed E-state index contributed by atoms with van der Waals surface area (Å²) in [5, 5.41) is 4.42. The van der Waals surface area contributed by atoms with Crippen LogP contribution < -0.4 is 11.2 Å². The molecule has 1 aliphatic heterocycles. The van der Waals surface area contributed by atoms with Crippen LogP contribution in [0.4, 0.5) is 0 Å². The molecule has 1 aliphatic rings. The number of rotatable bonds is 0. The fraction of sp³-hybridized carbons (Fsp3) is 0.125. The monoisotopic (exact) mass is 190 g/mol. The quantitative estimate of drug-likeness (QED) is 0.601. The summed E-state index contributed by atoms with van der Waals surface area (Å²) in [5.74, 6) is 0. The summed E-state index contributed by atoms with van der Waals surface area (Å²) in [5.41, 5.74) is -0.224. The van der Waals surface area contributed by atoms with Crippen molar-refractivity contribution < 1.29 is 0 Å². The van der Waals surface area contributed by atoms with Gasteiger partial charge in [0.2, 0.25) is 0 Å². The normalized spacial score (nSPS) is 13.7. The van der Waals surface area contributed by atoms with Gasteiger partial charge in [0.1, 0.15) is 5.39 Å². The third-order valence-electron chi connectivity index (χ3n) is 2.27. The first kappa shape index (κ1) is 7.31. The smallest absolute Gasteiger partial charge is 0.273 e. The highest BCUT2D eigenvalue weighted by molar-refractivity contribution is 5.76. The molecule has 0 atom stereocenters. The number of aromatic nitrogens is 4. The average molecular weight is 190 g/mol. The van der Waals surface area contributed by atoms with E-state index >= 15 is 0 Å². The molecule has 3 rings (SSSR count). The zero-order chi connectivity index (χ0) is 9.71. The lowest BCUT2D eigenvalue weighted by atomic mass is 10.4. The van der Waals surface area contributed by atoms with Gasteiger partial charge in [-0.3, -0.25) is 14.3 Å². The largest absolute Gasteiger partial charge is 0.330 e. The molecule has 0 amide bonds. The highest BCUT2D eigenvalue weighted by Crippen LogP contribution is 2.10. The first-order chi connectivity index (χ1) is 6.77. The lowest BCUT2D eigenvalue weighted by molar-refractivity contribution is 0.728. The highest BCUT2D eigenvalue weighted by Gasteiger charge is 2.13. The molecule has 0 aromatic carbocycles. The number of nitrogens with one attached hydrogen (secondary N) is 1. The maximum absolute atomic E-state index is 11.4. The minimum absolute atomic E-state index is 0.386. The zero-order valence-corrected chi connectivity index (χ0v) is 7.10. The summed E-state index contributed by atoms with van der Waals surface area (Å²) in [6.45, 7) is 0.470. The molecule has 0 spiro atoms. The number of aromatic amines is 1. The van der Waals surface area contributed by atoms with Gasteiger partial charge in [0.25, 0.3) is 5.56 Å².